The number of anilines is 1. The summed E-state index contributed by atoms with van der Waals surface area (Å²) in [4.78, 5) is 7.03. The molecule has 1 unspecified atom stereocenters. The van der Waals surface area contributed by atoms with Crippen LogP contribution in [0.15, 0.2) is 24.5 Å². The van der Waals surface area contributed by atoms with E-state index < -0.39 is 0 Å². The Balaban J connectivity index is 1.81. The van der Waals surface area contributed by atoms with Gasteiger partial charge in [-0.3, -0.25) is 0 Å². The summed E-state index contributed by atoms with van der Waals surface area (Å²) in [7, 11) is 0. The fraction of sp³-hybridized carbons (Fsp3) is 0.562. The van der Waals surface area contributed by atoms with Crippen molar-refractivity contribution >= 4 is 5.82 Å². The molecule has 3 heterocycles. The van der Waals surface area contributed by atoms with Crippen molar-refractivity contribution < 1.29 is 0 Å². The first kappa shape index (κ1) is 14.0. The first-order valence-electron chi connectivity index (χ1n) is 7.73. The zero-order valence-electron chi connectivity index (χ0n) is 13.0. The Hall–Kier alpha value is -1.91. The van der Waals surface area contributed by atoms with Gasteiger partial charge in [-0.15, -0.1) is 10.2 Å². The lowest BCUT2D eigenvalue weighted by Crippen LogP contribution is -2.36. The second-order valence-corrected chi connectivity index (χ2v) is 6.11. The van der Waals surface area contributed by atoms with Crippen LogP contribution < -0.4 is 4.90 Å². The summed E-state index contributed by atoms with van der Waals surface area (Å²) < 4.78 is 2.19. The molecule has 1 aliphatic rings. The Morgan fingerprint density at radius 1 is 1.29 bits per heavy atom. The first-order chi connectivity index (χ1) is 10.1. The molecule has 21 heavy (non-hydrogen) atoms. The van der Waals surface area contributed by atoms with E-state index in [0.717, 1.165) is 30.4 Å². The lowest BCUT2D eigenvalue weighted by Gasteiger charge is -2.33. The highest BCUT2D eigenvalue weighted by atomic mass is 15.3. The van der Waals surface area contributed by atoms with Gasteiger partial charge in [0.15, 0.2) is 0 Å². The van der Waals surface area contributed by atoms with E-state index in [1.54, 1.807) is 0 Å². The third kappa shape index (κ3) is 2.91. The van der Waals surface area contributed by atoms with Crippen LogP contribution in [0.2, 0.25) is 0 Å². The number of pyridine rings is 1. The van der Waals surface area contributed by atoms with Crippen LogP contribution in [0.4, 0.5) is 5.82 Å². The smallest absolute Gasteiger partial charge is 0.137 e. The van der Waals surface area contributed by atoms with Crippen LogP contribution in [-0.4, -0.2) is 32.8 Å². The number of piperidine rings is 1. The second kappa shape index (κ2) is 5.84. The van der Waals surface area contributed by atoms with Crippen molar-refractivity contribution in [1.82, 2.24) is 19.7 Å². The van der Waals surface area contributed by atoms with Crippen LogP contribution >= 0.6 is 0 Å². The lowest BCUT2D eigenvalue weighted by atomic mass is 9.97. The molecular weight excluding hydrogens is 262 g/mol. The molecule has 112 valence electrons. The molecule has 0 amide bonds. The van der Waals surface area contributed by atoms with Gasteiger partial charge in [0, 0.05) is 30.7 Å². The zero-order valence-corrected chi connectivity index (χ0v) is 13.0. The van der Waals surface area contributed by atoms with Crippen LogP contribution in [0.3, 0.4) is 0 Å². The third-order valence-electron chi connectivity index (χ3n) is 4.14. The Kier molecular flexibility index (Phi) is 3.90. The summed E-state index contributed by atoms with van der Waals surface area (Å²) in [6.07, 6.45) is 4.20. The molecule has 0 N–H and O–H groups in total. The molecule has 2 aromatic heterocycles. The van der Waals surface area contributed by atoms with Crippen molar-refractivity contribution in [3.63, 3.8) is 0 Å². The number of aryl methyl sites for hydroxylation is 1. The van der Waals surface area contributed by atoms with Crippen LogP contribution in [0.1, 0.15) is 50.2 Å². The molecular formula is C16H23N5. The molecule has 0 aromatic carbocycles. The van der Waals surface area contributed by atoms with Crippen molar-refractivity contribution in [2.45, 2.75) is 45.6 Å². The topological polar surface area (TPSA) is 46.8 Å². The van der Waals surface area contributed by atoms with Gasteiger partial charge in [-0.1, -0.05) is 6.07 Å². The number of hydrogen-bond acceptors (Lipinski definition) is 4. The molecule has 3 rings (SSSR count). The van der Waals surface area contributed by atoms with Gasteiger partial charge < -0.3 is 9.47 Å². The average molecular weight is 285 g/mol. The largest absolute Gasteiger partial charge is 0.356 e. The van der Waals surface area contributed by atoms with Gasteiger partial charge in [0.05, 0.1) is 0 Å². The van der Waals surface area contributed by atoms with Crippen molar-refractivity contribution in [2.75, 3.05) is 18.0 Å². The molecule has 5 heteroatoms. The highest BCUT2D eigenvalue weighted by Crippen LogP contribution is 2.29. The fourth-order valence-corrected chi connectivity index (χ4v) is 3.04. The maximum Gasteiger partial charge on any atom is 0.137 e. The van der Waals surface area contributed by atoms with E-state index in [2.05, 4.69) is 50.6 Å². The van der Waals surface area contributed by atoms with E-state index in [9.17, 15) is 0 Å². The van der Waals surface area contributed by atoms with E-state index in [1.165, 1.54) is 12.8 Å². The standard InChI is InChI=1S/C16H23N5/c1-12(2)21-11-17-19-16(21)14-7-5-9-20(10-14)15-8-4-6-13(3)18-15/h4,6,8,11-12,14H,5,7,9-10H2,1-3H3. The normalized spacial score (nSPS) is 19.2. The Bertz CT molecular complexity index is 604. The summed E-state index contributed by atoms with van der Waals surface area (Å²) in [6.45, 7) is 8.44. The van der Waals surface area contributed by atoms with Crippen LogP contribution in [0, 0.1) is 6.92 Å². The molecule has 0 spiro atoms. The Morgan fingerprint density at radius 3 is 2.90 bits per heavy atom. The Morgan fingerprint density at radius 2 is 2.14 bits per heavy atom. The van der Waals surface area contributed by atoms with Gasteiger partial charge in [-0.2, -0.15) is 0 Å². The van der Waals surface area contributed by atoms with E-state index in [0.29, 0.717) is 12.0 Å². The van der Waals surface area contributed by atoms with Crippen LogP contribution in [0.25, 0.3) is 0 Å². The molecule has 2 aromatic rings. The summed E-state index contributed by atoms with van der Waals surface area (Å²) >= 11 is 0. The van der Waals surface area contributed by atoms with Gasteiger partial charge in [0.1, 0.15) is 18.0 Å². The number of nitrogens with zero attached hydrogens (tertiary/aromatic N) is 5. The highest BCUT2D eigenvalue weighted by Gasteiger charge is 2.26. The maximum absolute atomic E-state index is 4.65. The Labute approximate surface area is 126 Å². The van der Waals surface area contributed by atoms with Crippen molar-refractivity contribution in [1.29, 1.82) is 0 Å². The van der Waals surface area contributed by atoms with Crippen LogP contribution in [-0.2, 0) is 0 Å². The predicted molar refractivity (Wildman–Crippen MR) is 83.6 cm³/mol. The maximum atomic E-state index is 4.65. The summed E-state index contributed by atoms with van der Waals surface area (Å²) in [5.41, 5.74) is 1.07. The van der Waals surface area contributed by atoms with E-state index in [4.69, 9.17) is 0 Å². The van der Waals surface area contributed by atoms with E-state index in [1.807, 2.05) is 19.3 Å². The molecule has 0 bridgehead atoms. The molecule has 0 radical (unpaired) electrons. The minimum absolute atomic E-state index is 0.405. The predicted octanol–water partition coefficient (Wildman–Crippen LogP) is 2.95. The highest BCUT2D eigenvalue weighted by molar-refractivity contribution is 5.40. The molecule has 1 saturated heterocycles. The SMILES string of the molecule is Cc1cccc(N2CCCC(c3nncn3C(C)C)C2)n1. The molecule has 1 fully saturated rings. The van der Waals surface area contributed by atoms with Crippen molar-refractivity contribution in [2.24, 2.45) is 0 Å². The minimum atomic E-state index is 0.405. The molecule has 5 nitrogen and oxygen atoms in total. The summed E-state index contributed by atoms with van der Waals surface area (Å²) in [6, 6.07) is 6.63. The van der Waals surface area contributed by atoms with Crippen molar-refractivity contribution in [3.8, 4) is 0 Å². The lowest BCUT2D eigenvalue weighted by molar-refractivity contribution is 0.453. The second-order valence-electron chi connectivity index (χ2n) is 6.11. The quantitative estimate of drug-likeness (QED) is 0.870. The molecule has 1 aliphatic heterocycles. The van der Waals surface area contributed by atoms with Crippen molar-refractivity contribution in [3.05, 3.63) is 36.0 Å². The number of aromatic nitrogens is 4. The van der Waals surface area contributed by atoms with E-state index in [-0.39, 0.29) is 0 Å². The van der Waals surface area contributed by atoms with Gasteiger partial charge in [0.2, 0.25) is 0 Å². The average Bonchev–Trinajstić information content (AvgIpc) is 2.97. The van der Waals surface area contributed by atoms with Gasteiger partial charge >= 0.3 is 0 Å². The third-order valence-corrected chi connectivity index (χ3v) is 4.14. The summed E-state index contributed by atoms with van der Waals surface area (Å²) in [5.74, 6) is 2.63. The monoisotopic (exact) mass is 285 g/mol. The van der Waals surface area contributed by atoms with Gasteiger partial charge in [-0.05, 0) is 45.7 Å². The molecule has 0 saturated carbocycles. The number of rotatable bonds is 3. The zero-order chi connectivity index (χ0) is 14.8. The van der Waals surface area contributed by atoms with Gasteiger partial charge in [-0.25, -0.2) is 4.98 Å². The van der Waals surface area contributed by atoms with E-state index >= 15 is 0 Å². The number of hydrogen-bond donors (Lipinski definition) is 0. The van der Waals surface area contributed by atoms with Gasteiger partial charge in [0.25, 0.3) is 0 Å². The van der Waals surface area contributed by atoms with Crippen LogP contribution in [0.5, 0.6) is 0 Å². The molecule has 1 atom stereocenters. The fourth-order valence-electron chi connectivity index (χ4n) is 3.04. The summed E-state index contributed by atoms with van der Waals surface area (Å²) in [5, 5.41) is 8.48. The minimum Gasteiger partial charge on any atom is -0.356 e. The molecule has 0 aliphatic carbocycles. The first-order valence-corrected chi connectivity index (χ1v) is 7.73.